The molecule has 0 amide bonds. The third kappa shape index (κ3) is 3.87. The lowest BCUT2D eigenvalue weighted by molar-refractivity contribution is 0.400. The number of thioether (sulfide) groups is 1. The molecule has 0 aliphatic carbocycles. The number of rotatable bonds is 8. The summed E-state index contributed by atoms with van der Waals surface area (Å²) in [6, 6.07) is 2.44. The highest BCUT2D eigenvalue weighted by atomic mass is 32.2. The first kappa shape index (κ1) is 16.8. The topological polar surface area (TPSA) is 86.5 Å². The molecule has 0 radical (unpaired) electrons. The average Bonchev–Trinajstić information content (AvgIpc) is 2.81. The van der Waals surface area contributed by atoms with Crippen molar-refractivity contribution in [2.24, 2.45) is 0 Å². The predicted octanol–water partition coefficient (Wildman–Crippen LogP) is 1.92. The van der Waals surface area contributed by atoms with Gasteiger partial charge in [0.25, 0.3) is 0 Å². The molecule has 1 rings (SSSR count). The van der Waals surface area contributed by atoms with Gasteiger partial charge in [0.15, 0.2) is 5.16 Å². The summed E-state index contributed by atoms with van der Waals surface area (Å²) in [5.74, 6) is 0.835. The van der Waals surface area contributed by atoms with Crippen LogP contribution in [0.1, 0.15) is 46.1 Å². The molecule has 0 bridgehead atoms. The van der Waals surface area contributed by atoms with Crippen molar-refractivity contribution in [2.75, 3.05) is 12.8 Å². The standard InChI is InChI=1S/C13H23N5OS/c1-5-13(9-14,15-4)7-6-8-20-12-17-16-11(19)18(12)10(2)3/h10,15H,5-8H2,1-4H3,(H,16,19). The van der Waals surface area contributed by atoms with Crippen LogP contribution in [0.15, 0.2) is 9.95 Å². The molecule has 6 nitrogen and oxygen atoms in total. The van der Waals surface area contributed by atoms with Crippen molar-refractivity contribution < 1.29 is 0 Å². The van der Waals surface area contributed by atoms with E-state index in [-0.39, 0.29) is 11.7 Å². The number of nitrogens with zero attached hydrogens (tertiary/aromatic N) is 3. The van der Waals surface area contributed by atoms with E-state index in [2.05, 4.69) is 21.6 Å². The molecule has 1 aromatic rings. The Balaban J connectivity index is 2.54. The Kier molecular flexibility index (Phi) is 6.30. The molecular formula is C13H23N5OS. The fourth-order valence-electron chi connectivity index (χ4n) is 2.05. The number of hydrogen-bond donors (Lipinski definition) is 2. The normalized spacial score (nSPS) is 14.2. The van der Waals surface area contributed by atoms with Crippen molar-refractivity contribution in [1.29, 1.82) is 5.26 Å². The second-order valence-electron chi connectivity index (χ2n) is 5.02. The molecule has 7 heteroatoms. The maximum atomic E-state index is 11.6. The highest BCUT2D eigenvalue weighted by molar-refractivity contribution is 7.99. The molecule has 1 unspecified atom stereocenters. The Morgan fingerprint density at radius 2 is 2.30 bits per heavy atom. The number of aromatic amines is 1. The van der Waals surface area contributed by atoms with E-state index >= 15 is 0 Å². The van der Waals surface area contributed by atoms with Crippen LogP contribution in [0.3, 0.4) is 0 Å². The third-order valence-corrected chi connectivity index (χ3v) is 4.50. The molecule has 2 N–H and O–H groups in total. The van der Waals surface area contributed by atoms with Crippen LogP contribution in [0.4, 0.5) is 0 Å². The molecule has 112 valence electrons. The van der Waals surface area contributed by atoms with Crippen molar-refractivity contribution in [1.82, 2.24) is 20.1 Å². The van der Waals surface area contributed by atoms with Crippen LogP contribution in [0.2, 0.25) is 0 Å². The average molecular weight is 297 g/mol. The van der Waals surface area contributed by atoms with Gasteiger partial charge in [-0.15, -0.1) is 5.10 Å². The largest absolute Gasteiger partial charge is 0.344 e. The molecule has 0 aliphatic heterocycles. The van der Waals surface area contributed by atoms with Crippen molar-refractivity contribution in [3.8, 4) is 6.07 Å². The summed E-state index contributed by atoms with van der Waals surface area (Å²) in [5.41, 5.74) is -0.609. The minimum Gasteiger partial charge on any atom is -0.302 e. The van der Waals surface area contributed by atoms with Gasteiger partial charge in [-0.3, -0.25) is 4.57 Å². The minimum atomic E-state index is -0.441. The maximum absolute atomic E-state index is 11.6. The highest BCUT2D eigenvalue weighted by Gasteiger charge is 2.24. The molecule has 20 heavy (non-hydrogen) atoms. The fraction of sp³-hybridized carbons (Fsp3) is 0.769. The first-order valence-electron chi connectivity index (χ1n) is 6.89. The van der Waals surface area contributed by atoms with Crippen LogP contribution in [0.25, 0.3) is 0 Å². The van der Waals surface area contributed by atoms with Gasteiger partial charge in [-0.2, -0.15) is 5.26 Å². The molecule has 0 spiro atoms. The summed E-state index contributed by atoms with van der Waals surface area (Å²) < 4.78 is 1.65. The smallest absolute Gasteiger partial charge is 0.302 e. The third-order valence-electron chi connectivity index (χ3n) is 3.46. The minimum absolute atomic E-state index is 0.0925. The molecule has 0 saturated carbocycles. The van der Waals surface area contributed by atoms with E-state index in [0.717, 1.165) is 25.0 Å². The SMILES string of the molecule is CCC(C#N)(CCCSc1n[nH]c(=O)n1C(C)C)NC. The Hall–Kier alpha value is -1.26. The predicted molar refractivity (Wildman–Crippen MR) is 80.9 cm³/mol. The van der Waals surface area contributed by atoms with Crippen LogP contribution >= 0.6 is 11.8 Å². The zero-order valence-electron chi connectivity index (χ0n) is 12.6. The highest BCUT2D eigenvalue weighted by Crippen LogP contribution is 2.22. The first-order valence-corrected chi connectivity index (χ1v) is 7.88. The van der Waals surface area contributed by atoms with E-state index in [1.54, 1.807) is 16.3 Å². The monoisotopic (exact) mass is 297 g/mol. The molecule has 1 heterocycles. The van der Waals surface area contributed by atoms with E-state index in [1.165, 1.54) is 0 Å². The number of nitriles is 1. The van der Waals surface area contributed by atoms with E-state index < -0.39 is 5.54 Å². The van der Waals surface area contributed by atoms with Gasteiger partial charge in [-0.25, -0.2) is 9.89 Å². The van der Waals surface area contributed by atoms with Crippen LogP contribution in [-0.4, -0.2) is 33.1 Å². The van der Waals surface area contributed by atoms with E-state index in [4.69, 9.17) is 0 Å². The van der Waals surface area contributed by atoms with Crippen molar-refractivity contribution >= 4 is 11.8 Å². The van der Waals surface area contributed by atoms with E-state index in [9.17, 15) is 10.1 Å². The zero-order valence-corrected chi connectivity index (χ0v) is 13.4. The van der Waals surface area contributed by atoms with Crippen molar-refractivity contribution in [3.05, 3.63) is 10.5 Å². The number of H-pyrrole nitrogens is 1. The molecule has 1 atom stereocenters. The molecule has 1 aromatic heterocycles. The lowest BCUT2D eigenvalue weighted by Gasteiger charge is -2.24. The fourth-order valence-corrected chi connectivity index (χ4v) is 3.07. The van der Waals surface area contributed by atoms with Gasteiger partial charge >= 0.3 is 5.69 Å². The molecular weight excluding hydrogens is 274 g/mol. The number of nitrogens with one attached hydrogen (secondary N) is 2. The number of aromatic nitrogens is 3. The summed E-state index contributed by atoms with van der Waals surface area (Å²) >= 11 is 1.55. The summed E-state index contributed by atoms with van der Waals surface area (Å²) in [7, 11) is 1.82. The lowest BCUT2D eigenvalue weighted by atomic mass is 9.93. The quantitative estimate of drug-likeness (QED) is 0.565. The van der Waals surface area contributed by atoms with Gasteiger partial charge in [0.2, 0.25) is 0 Å². The van der Waals surface area contributed by atoms with Gasteiger partial charge < -0.3 is 5.32 Å². The second kappa shape index (κ2) is 7.50. The number of hydrogen-bond acceptors (Lipinski definition) is 5. The van der Waals surface area contributed by atoms with Crippen LogP contribution < -0.4 is 11.0 Å². The summed E-state index contributed by atoms with van der Waals surface area (Å²) in [6.07, 6.45) is 2.47. The van der Waals surface area contributed by atoms with Crippen LogP contribution in [-0.2, 0) is 0 Å². The maximum Gasteiger partial charge on any atom is 0.344 e. The molecule has 0 aromatic carbocycles. The molecule has 0 saturated heterocycles. The Morgan fingerprint density at radius 3 is 2.80 bits per heavy atom. The summed E-state index contributed by atoms with van der Waals surface area (Å²) in [4.78, 5) is 11.6. The summed E-state index contributed by atoms with van der Waals surface area (Å²) in [5, 5.41) is 19.6. The van der Waals surface area contributed by atoms with Gasteiger partial charge in [0.1, 0.15) is 5.54 Å². The summed E-state index contributed by atoms with van der Waals surface area (Å²) in [6.45, 7) is 5.93. The van der Waals surface area contributed by atoms with Crippen molar-refractivity contribution in [3.63, 3.8) is 0 Å². The zero-order chi connectivity index (χ0) is 15.2. The Morgan fingerprint density at radius 1 is 1.60 bits per heavy atom. The van der Waals surface area contributed by atoms with Gasteiger partial charge in [-0.1, -0.05) is 18.7 Å². The van der Waals surface area contributed by atoms with Crippen LogP contribution in [0.5, 0.6) is 0 Å². The van der Waals surface area contributed by atoms with Crippen LogP contribution in [0, 0.1) is 11.3 Å². The molecule has 0 fully saturated rings. The Labute approximate surface area is 123 Å². The Bertz CT molecular complexity index is 510. The molecule has 0 aliphatic rings. The van der Waals surface area contributed by atoms with Gasteiger partial charge in [0, 0.05) is 11.8 Å². The van der Waals surface area contributed by atoms with Crippen molar-refractivity contribution in [2.45, 2.75) is 56.8 Å². The second-order valence-corrected chi connectivity index (χ2v) is 6.09. The lowest BCUT2D eigenvalue weighted by Crippen LogP contribution is -2.40. The van der Waals surface area contributed by atoms with E-state index in [1.807, 2.05) is 27.8 Å². The van der Waals surface area contributed by atoms with E-state index in [0.29, 0.717) is 5.16 Å². The van der Waals surface area contributed by atoms with Gasteiger partial charge in [-0.05, 0) is 40.2 Å². The van der Waals surface area contributed by atoms with Gasteiger partial charge in [0.05, 0.1) is 6.07 Å². The first-order chi connectivity index (χ1) is 9.49.